The number of carbonyl (C=O) groups excluding carboxylic acids is 3. The highest BCUT2D eigenvalue weighted by Gasteiger charge is 2.41. The highest BCUT2D eigenvalue weighted by atomic mass is 35.5. The van der Waals surface area contributed by atoms with Gasteiger partial charge in [-0.05, 0) is 24.6 Å². The van der Waals surface area contributed by atoms with Gasteiger partial charge in [-0.2, -0.15) is 0 Å². The fourth-order valence-electron chi connectivity index (χ4n) is 2.05. The molecule has 1 heterocycles. The number of barbiturate groups is 1. The molecule has 7 heteroatoms. The molecule has 1 N–H and O–H groups in total. The van der Waals surface area contributed by atoms with Crippen molar-refractivity contribution in [3.63, 3.8) is 0 Å². The van der Waals surface area contributed by atoms with Crippen molar-refractivity contribution in [3.05, 3.63) is 29.0 Å². The van der Waals surface area contributed by atoms with E-state index in [9.17, 15) is 18.8 Å². The van der Waals surface area contributed by atoms with Gasteiger partial charge in [-0.15, -0.1) is 0 Å². The van der Waals surface area contributed by atoms with E-state index < -0.39 is 29.6 Å². The molecular formula is C13H12ClFN2O3. The summed E-state index contributed by atoms with van der Waals surface area (Å²) >= 11 is 5.63. The van der Waals surface area contributed by atoms with Crippen LogP contribution in [0.1, 0.15) is 19.8 Å². The average Bonchev–Trinajstić information content (AvgIpc) is 2.37. The lowest BCUT2D eigenvalue weighted by Gasteiger charge is -2.30. The standard InChI is InChI=1S/C13H12ClFN2O3/c1-2-3-8-11(18)16-13(20)17(12(8)19)10-5-4-7(14)6-9(10)15/h4-6,8H,2-3H2,1H3,(H,16,18,20). The normalized spacial score (nSPS) is 19.2. The minimum atomic E-state index is -0.979. The maximum absolute atomic E-state index is 13.8. The Morgan fingerprint density at radius 3 is 2.65 bits per heavy atom. The Morgan fingerprint density at radius 2 is 2.05 bits per heavy atom. The van der Waals surface area contributed by atoms with Crippen molar-refractivity contribution < 1.29 is 18.8 Å². The summed E-state index contributed by atoms with van der Waals surface area (Å²) in [7, 11) is 0. The number of nitrogens with zero attached hydrogens (tertiary/aromatic N) is 1. The second-order valence-electron chi connectivity index (χ2n) is 4.41. The second-order valence-corrected chi connectivity index (χ2v) is 4.84. The van der Waals surface area contributed by atoms with Crippen LogP contribution in [0.25, 0.3) is 0 Å². The highest BCUT2D eigenvalue weighted by Crippen LogP contribution is 2.27. The molecule has 1 aromatic carbocycles. The molecule has 0 bridgehead atoms. The molecule has 1 aliphatic heterocycles. The van der Waals surface area contributed by atoms with Crippen molar-refractivity contribution in [1.82, 2.24) is 5.32 Å². The molecule has 0 aliphatic carbocycles. The average molecular weight is 299 g/mol. The zero-order chi connectivity index (χ0) is 14.9. The number of amides is 4. The van der Waals surface area contributed by atoms with E-state index in [1.54, 1.807) is 0 Å². The maximum Gasteiger partial charge on any atom is 0.335 e. The Kier molecular flexibility index (Phi) is 4.04. The lowest BCUT2D eigenvalue weighted by molar-refractivity contribution is -0.134. The van der Waals surface area contributed by atoms with E-state index in [0.717, 1.165) is 6.07 Å². The van der Waals surface area contributed by atoms with Gasteiger partial charge in [0.1, 0.15) is 11.7 Å². The number of anilines is 1. The third kappa shape index (κ3) is 2.51. The van der Waals surface area contributed by atoms with Gasteiger partial charge in [0.15, 0.2) is 0 Å². The number of halogens is 2. The summed E-state index contributed by atoms with van der Waals surface area (Å²) in [6.07, 6.45) is 0.888. The van der Waals surface area contributed by atoms with Gasteiger partial charge in [-0.25, -0.2) is 14.1 Å². The highest BCUT2D eigenvalue weighted by molar-refractivity contribution is 6.31. The fourth-order valence-corrected chi connectivity index (χ4v) is 2.21. The van der Waals surface area contributed by atoms with Crippen molar-refractivity contribution in [1.29, 1.82) is 0 Å². The molecule has 1 saturated heterocycles. The number of carbonyl (C=O) groups is 3. The molecule has 1 fully saturated rings. The van der Waals surface area contributed by atoms with Gasteiger partial charge in [-0.3, -0.25) is 14.9 Å². The first-order chi connectivity index (χ1) is 9.45. The zero-order valence-corrected chi connectivity index (χ0v) is 11.4. The predicted octanol–water partition coefficient (Wildman–Crippen LogP) is 2.48. The van der Waals surface area contributed by atoms with Crippen molar-refractivity contribution in [2.24, 2.45) is 5.92 Å². The van der Waals surface area contributed by atoms with E-state index in [0.29, 0.717) is 17.7 Å². The Labute approximate surface area is 119 Å². The number of urea groups is 1. The van der Waals surface area contributed by atoms with Crippen molar-refractivity contribution >= 4 is 35.1 Å². The fraction of sp³-hybridized carbons (Fsp3) is 0.308. The van der Waals surface area contributed by atoms with Crippen LogP contribution in [0.4, 0.5) is 14.9 Å². The number of rotatable bonds is 3. The molecule has 20 heavy (non-hydrogen) atoms. The lowest BCUT2D eigenvalue weighted by Crippen LogP contribution is -2.58. The molecule has 106 valence electrons. The largest absolute Gasteiger partial charge is 0.335 e. The molecule has 2 rings (SSSR count). The molecule has 0 aromatic heterocycles. The third-order valence-electron chi connectivity index (χ3n) is 3.00. The molecule has 0 radical (unpaired) electrons. The third-order valence-corrected chi connectivity index (χ3v) is 3.23. The SMILES string of the molecule is CCCC1C(=O)NC(=O)N(c2ccc(Cl)cc2F)C1=O. The van der Waals surface area contributed by atoms with Crippen molar-refractivity contribution in [2.45, 2.75) is 19.8 Å². The number of nitrogens with one attached hydrogen (secondary N) is 1. The summed E-state index contributed by atoms with van der Waals surface area (Å²) in [6, 6.07) is 2.65. The summed E-state index contributed by atoms with van der Waals surface area (Å²) in [5, 5.41) is 2.21. The Balaban J connectivity index is 2.41. The minimum absolute atomic E-state index is 0.150. The van der Waals surface area contributed by atoms with Gasteiger partial charge in [0, 0.05) is 5.02 Å². The number of hydrogen-bond acceptors (Lipinski definition) is 3. The minimum Gasteiger partial charge on any atom is -0.277 e. The topological polar surface area (TPSA) is 66.5 Å². The first-order valence-electron chi connectivity index (χ1n) is 6.09. The van der Waals surface area contributed by atoms with Crippen LogP contribution in [0.5, 0.6) is 0 Å². The van der Waals surface area contributed by atoms with Crippen LogP contribution in [-0.2, 0) is 9.59 Å². The Bertz CT molecular complexity index is 591. The molecule has 1 aromatic rings. The maximum atomic E-state index is 13.8. The summed E-state index contributed by atoms with van der Waals surface area (Å²) in [4.78, 5) is 36.3. The van der Waals surface area contributed by atoms with E-state index in [1.165, 1.54) is 12.1 Å². The molecule has 1 unspecified atom stereocenters. The zero-order valence-electron chi connectivity index (χ0n) is 10.7. The van der Waals surface area contributed by atoms with Gasteiger partial charge < -0.3 is 0 Å². The number of imide groups is 2. The van der Waals surface area contributed by atoms with Gasteiger partial charge in [0.05, 0.1) is 5.69 Å². The molecule has 4 amide bonds. The number of hydrogen-bond donors (Lipinski definition) is 1. The molecule has 0 spiro atoms. The summed E-state index contributed by atoms with van der Waals surface area (Å²) in [5.74, 6) is -3.15. The monoisotopic (exact) mass is 298 g/mol. The van der Waals surface area contributed by atoms with E-state index >= 15 is 0 Å². The summed E-state index contributed by atoms with van der Waals surface area (Å²) in [5.41, 5.74) is -0.217. The predicted molar refractivity (Wildman–Crippen MR) is 70.8 cm³/mol. The van der Waals surface area contributed by atoms with Gasteiger partial charge in [-0.1, -0.05) is 24.9 Å². The van der Waals surface area contributed by atoms with Crippen LogP contribution >= 0.6 is 11.6 Å². The van der Waals surface area contributed by atoms with E-state index in [2.05, 4.69) is 5.32 Å². The van der Waals surface area contributed by atoms with Gasteiger partial charge in [0.2, 0.25) is 11.8 Å². The van der Waals surface area contributed by atoms with Crippen molar-refractivity contribution in [2.75, 3.05) is 4.90 Å². The smallest absolute Gasteiger partial charge is 0.277 e. The van der Waals surface area contributed by atoms with Crippen LogP contribution in [0.15, 0.2) is 18.2 Å². The Hall–Kier alpha value is -1.95. The lowest BCUT2D eigenvalue weighted by atomic mass is 9.99. The molecule has 1 atom stereocenters. The molecule has 5 nitrogen and oxygen atoms in total. The van der Waals surface area contributed by atoms with Crippen LogP contribution in [-0.4, -0.2) is 17.8 Å². The van der Waals surface area contributed by atoms with Gasteiger partial charge in [0.25, 0.3) is 0 Å². The molecule has 0 saturated carbocycles. The molecular weight excluding hydrogens is 287 g/mol. The number of benzene rings is 1. The van der Waals surface area contributed by atoms with Crippen LogP contribution in [0, 0.1) is 11.7 Å². The Morgan fingerprint density at radius 1 is 1.35 bits per heavy atom. The van der Waals surface area contributed by atoms with Crippen LogP contribution in [0.3, 0.4) is 0 Å². The first kappa shape index (κ1) is 14.5. The molecule has 1 aliphatic rings. The second kappa shape index (κ2) is 5.58. The summed E-state index contributed by atoms with van der Waals surface area (Å²) < 4.78 is 13.8. The van der Waals surface area contributed by atoms with E-state index in [-0.39, 0.29) is 10.7 Å². The van der Waals surface area contributed by atoms with E-state index in [1.807, 2.05) is 6.92 Å². The summed E-state index contributed by atoms with van der Waals surface area (Å²) in [6.45, 7) is 1.81. The van der Waals surface area contributed by atoms with Crippen molar-refractivity contribution in [3.8, 4) is 0 Å². The van der Waals surface area contributed by atoms with E-state index in [4.69, 9.17) is 11.6 Å². The van der Waals surface area contributed by atoms with Crippen LogP contribution in [0.2, 0.25) is 5.02 Å². The van der Waals surface area contributed by atoms with Crippen LogP contribution < -0.4 is 10.2 Å². The quantitative estimate of drug-likeness (QED) is 0.872. The van der Waals surface area contributed by atoms with Gasteiger partial charge >= 0.3 is 6.03 Å². The first-order valence-corrected chi connectivity index (χ1v) is 6.47.